The summed E-state index contributed by atoms with van der Waals surface area (Å²) in [4.78, 5) is 0. The molecule has 4 aliphatic carbocycles. The summed E-state index contributed by atoms with van der Waals surface area (Å²) in [6.07, 6.45) is 2.72. The molecule has 105 heavy (non-hydrogen) atoms. The SMILES string of the molecule is COCCOCCOC1CC2C3NC(NC4NC(NC5NC(NC6NC(N3)C3CC(OCCOCCOC)C(OCCOCCOC)CC63)C3CC(OCCOCCOC)C(OCCOCCOC)CC53)C3CC(OCCOCCOC)C(OCCOCCOC)CC43)C2CC1OCCOCCOC.[Zn+2]. The second kappa shape index (κ2) is 52.7. The first-order valence-electron chi connectivity index (χ1n) is 38.9. The van der Waals surface area contributed by atoms with Gasteiger partial charge < -0.3 is 114 Å². The van der Waals surface area contributed by atoms with Crippen molar-refractivity contribution in [3.8, 4) is 0 Å². The molecule has 9 fully saturated rings. The van der Waals surface area contributed by atoms with Gasteiger partial charge in [-0.05, 0) is 98.7 Å². The van der Waals surface area contributed by atoms with Gasteiger partial charge in [0, 0.05) is 56.9 Å². The maximum absolute atomic E-state index is 6.92. The number of nitrogens with one attached hydrogen (secondary N) is 8. The van der Waals surface area contributed by atoms with Gasteiger partial charge in [-0.2, -0.15) is 0 Å². The fourth-order valence-electron chi connectivity index (χ4n) is 17.2. The molecule has 32 nitrogen and oxygen atoms in total. The van der Waals surface area contributed by atoms with E-state index >= 15 is 0 Å². The largest absolute Gasteiger partial charge is 2.00 e. The zero-order valence-corrected chi connectivity index (χ0v) is 67.6. The Morgan fingerprint density at radius 2 is 0.267 bits per heavy atom. The minimum absolute atomic E-state index is 0. The zero-order valence-electron chi connectivity index (χ0n) is 64.6. The molecule has 16 atom stereocenters. The van der Waals surface area contributed by atoms with Crippen molar-refractivity contribution in [2.75, 3.05) is 268 Å². The van der Waals surface area contributed by atoms with Gasteiger partial charge in [0.05, 0.1) is 310 Å². The Labute approximate surface area is 638 Å². The Kier molecular flexibility index (Phi) is 45.1. The molecule has 0 aromatic carbocycles. The summed E-state index contributed by atoms with van der Waals surface area (Å²) >= 11 is 0. The van der Waals surface area contributed by atoms with Crippen LogP contribution in [0.2, 0.25) is 0 Å². The Morgan fingerprint density at radius 1 is 0.162 bits per heavy atom. The van der Waals surface area contributed by atoms with Crippen LogP contribution in [0.5, 0.6) is 0 Å². The predicted molar refractivity (Wildman–Crippen MR) is 380 cm³/mol. The quantitative estimate of drug-likeness (QED) is 0.0290. The summed E-state index contributed by atoms with van der Waals surface area (Å²) in [6, 6.07) is 0. The van der Waals surface area contributed by atoms with Crippen LogP contribution in [0.4, 0.5) is 0 Å². The van der Waals surface area contributed by atoms with E-state index in [4.69, 9.17) is 114 Å². The van der Waals surface area contributed by atoms with Crippen molar-refractivity contribution in [1.82, 2.24) is 42.5 Å². The van der Waals surface area contributed by atoms with E-state index in [1.54, 1.807) is 56.9 Å². The molecule has 9 rings (SSSR count). The van der Waals surface area contributed by atoms with Crippen LogP contribution in [0, 0.1) is 47.3 Å². The van der Waals surface area contributed by atoms with Gasteiger partial charge in [0.25, 0.3) is 0 Å². The van der Waals surface area contributed by atoms with Gasteiger partial charge in [0.2, 0.25) is 0 Å². The molecule has 16 unspecified atom stereocenters. The van der Waals surface area contributed by atoms with Crippen molar-refractivity contribution in [2.45, 2.75) is 150 Å². The monoisotopic (exact) mass is 1560 g/mol. The molecule has 0 aromatic rings. The topological polar surface area (TPSA) is 318 Å². The number of rotatable bonds is 56. The molecule has 0 spiro atoms. The third-order valence-electron chi connectivity index (χ3n) is 22.1. The first kappa shape index (κ1) is 89.9. The second-order valence-corrected chi connectivity index (χ2v) is 28.5. The number of methoxy groups -OCH3 is 8. The standard InChI is InChI=1S/C72H136N8O24.Zn/c1-81-9-17-89-25-33-97-57-41-49-50(42-58(57)98-34-26-90-18-10-82-2)66-73-65(49)77-67-51-43-59(99-35-27-91-19-11-83-3)60(100-36-28-92-20-12-84-4)44-52(51)69(74-67)79-71-55-47-63(103-39-31-95-23-15-87-7)64(104-40-32-96-24-16-88-8)48-56(55)72(76-71)80-70-54-46-62(102-38-30-94-22-14-86-6)61(45-53(54)68(75-70)78-66)101-37-29-93-21-13-85-5;/h49-80H,9-48H2,1-8H3;/q;+2. The summed E-state index contributed by atoms with van der Waals surface area (Å²) in [5, 5.41) is 34.5. The van der Waals surface area contributed by atoms with Gasteiger partial charge >= 0.3 is 19.5 Å². The van der Waals surface area contributed by atoms with E-state index < -0.39 is 0 Å². The molecule has 0 amide bonds. The third-order valence-corrected chi connectivity index (χ3v) is 22.1. The number of hydrogen-bond acceptors (Lipinski definition) is 32. The summed E-state index contributed by atoms with van der Waals surface area (Å²) in [7, 11) is 13.5. The molecule has 0 radical (unpaired) electrons. The Morgan fingerprint density at radius 3 is 0.371 bits per heavy atom. The normalized spacial score (nSPS) is 35.0. The van der Waals surface area contributed by atoms with Crippen LogP contribution in [0.15, 0.2) is 0 Å². The first-order chi connectivity index (χ1) is 51.3. The Hall–Kier alpha value is -0.657. The fraction of sp³-hybridized carbons (Fsp3) is 1.00. The average Bonchev–Trinajstić information content (AvgIpc) is 1.60. The van der Waals surface area contributed by atoms with Gasteiger partial charge in [-0.15, -0.1) is 0 Å². The molecule has 0 aromatic heterocycles. The van der Waals surface area contributed by atoms with E-state index in [-0.39, 0.29) is 165 Å². The van der Waals surface area contributed by atoms with Gasteiger partial charge in [0.1, 0.15) is 0 Å². The van der Waals surface area contributed by atoms with E-state index in [2.05, 4.69) is 42.5 Å². The van der Waals surface area contributed by atoms with E-state index in [1.807, 2.05) is 0 Å². The van der Waals surface area contributed by atoms with Gasteiger partial charge in [-0.3, -0.25) is 42.5 Å². The molecule has 5 aliphatic heterocycles. The van der Waals surface area contributed by atoms with Gasteiger partial charge in [-0.25, -0.2) is 0 Å². The van der Waals surface area contributed by atoms with Crippen LogP contribution in [0.3, 0.4) is 0 Å². The van der Waals surface area contributed by atoms with E-state index in [9.17, 15) is 0 Å². The molecule has 4 saturated carbocycles. The third kappa shape index (κ3) is 29.0. The second-order valence-electron chi connectivity index (χ2n) is 28.5. The number of ether oxygens (including phenoxy) is 24. The van der Waals surface area contributed by atoms with Crippen LogP contribution in [0.1, 0.15) is 51.4 Å². The van der Waals surface area contributed by atoms with Crippen molar-refractivity contribution < 1.29 is 133 Å². The smallest absolute Gasteiger partial charge is 0.382 e. The zero-order chi connectivity index (χ0) is 72.8. The van der Waals surface area contributed by atoms with E-state index in [0.29, 0.717) is 211 Å². The van der Waals surface area contributed by atoms with Crippen LogP contribution in [-0.4, -0.2) is 366 Å². The van der Waals surface area contributed by atoms with E-state index in [1.165, 1.54) is 0 Å². The molecule has 5 saturated heterocycles. The van der Waals surface area contributed by atoms with Crippen LogP contribution in [-0.2, 0) is 133 Å². The maximum atomic E-state index is 6.92. The van der Waals surface area contributed by atoms with Crippen molar-refractivity contribution in [1.29, 1.82) is 0 Å². The molecule has 8 N–H and O–H groups in total. The van der Waals surface area contributed by atoms with Crippen molar-refractivity contribution >= 4 is 0 Å². The minimum Gasteiger partial charge on any atom is -0.382 e. The van der Waals surface area contributed by atoms with Crippen molar-refractivity contribution in [3.05, 3.63) is 0 Å². The molecule has 608 valence electrons. The van der Waals surface area contributed by atoms with Gasteiger partial charge in [0.15, 0.2) is 0 Å². The fourth-order valence-corrected chi connectivity index (χ4v) is 17.2. The average molecular weight is 1560 g/mol. The first-order valence-corrected chi connectivity index (χ1v) is 38.9. The summed E-state index contributed by atoms with van der Waals surface area (Å²) in [5.41, 5.74) is 0. The molecule has 9 aliphatic rings. The van der Waals surface area contributed by atoms with Crippen molar-refractivity contribution in [2.24, 2.45) is 47.3 Å². The summed E-state index contributed by atoms with van der Waals surface area (Å²) in [6.45, 7) is 14.7. The molecular formula is C72H136N8O24Zn+2. The van der Waals surface area contributed by atoms with Crippen LogP contribution in [0.25, 0.3) is 0 Å². The maximum Gasteiger partial charge on any atom is 2.00 e. The summed E-state index contributed by atoms with van der Waals surface area (Å²) < 4.78 is 146. The molecule has 33 heteroatoms. The predicted octanol–water partition coefficient (Wildman–Crippen LogP) is -0.132. The number of fused-ring (bicyclic) bond motifs is 20. The Balaban J connectivity index is 0.0000139. The van der Waals surface area contributed by atoms with Gasteiger partial charge in [-0.1, -0.05) is 0 Å². The van der Waals surface area contributed by atoms with E-state index in [0.717, 1.165) is 51.4 Å². The summed E-state index contributed by atoms with van der Waals surface area (Å²) in [5.74, 6) is 0.832. The van der Waals surface area contributed by atoms with Crippen molar-refractivity contribution in [3.63, 3.8) is 0 Å². The number of hydrogen-bond donors (Lipinski definition) is 8. The molecule has 8 bridgehead atoms. The molecular weight excluding hydrogens is 1430 g/mol. The molecule has 5 heterocycles. The van der Waals surface area contributed by atoms with Crippen LogP contribution < -0.4 is 42.5 Å². The Bertz CT molecular complexity index is 1770. The van der Waals surface area contributed by atoms with Crippen LogP contribution >= 0.6 is 0 Å². The minimum atomic E-state index is -0.228.